The highest BCUT2D eigenvalue weighted by molar-refractivity contribution is 7.17. The number of nitrogens with one attached hydrogen (secondary N) is 1. The normalized spacial score (nSPS) is 15.7. The topological polar surface area (TPSA) is 64.6 Å². The Morgan fingerprint density at radius 2 is 1.97 bits per heavy atom. The lowest BCUT2D eigenvalue weighted by Crippen LogP contribution is -2.26. The molecule has 6 heteroatoms. The van der Waals surface area contributed by atoms with Gasteiger partial charge in [-0.1, -0.05) is 52.3 Å². The fraction of sp³-hybridized carbons (Fsp3) is 0.500. The molecule has 0 aliphatic heterocycles. The first-order valence-corrected chi connectivity index (χ1v) is 13.1. The third kappa shape index (κ3) is 6.50. The highest BCUT2D eigenvalue weighted by Gasteiger charge is 2.34. The number of anilines is 1. The number of fused-ring (bicyclic) bond motifs is 1. The Balaban J connectivity index is 1.80. The van der Waals surface area contributed by atoms with Crippen molar-refractivity contribution in [2.24, 2.45) is 11.3 Å². The van der Waals surface area contributed by atoms with Gasteiger partial charge >= 0.3 is 5.97 Å². The van der Waals surface area contributed by atoms with Crippen molar-refractivity contribution < 1.29 is 19.1 Å². The molecule has 1 aliphatic rings. The van der Waals surface area contributed by atoms with Gasteiger partial charge in [-0.15, -0.1) is 11.3 Å². The zero-order chi connectivity index (χ0) is 24.7. The summed E-state index contributed by atoms with van der Waals surface area (Å²) in [6, 6.07) is 7.67. The van der Waals surface area contributed by atoms with Gasteiger partial charge in [0.05, 0.1) is 18.8 Å². The Hall–Kier alpha value is -2.60. The van der Waals surface area contributed by atoms with Gasteiger partial charge in [-0.05, 0) is 61.6 Å². The van der Waals surface area contributed by atoms with Crippen molar-refractivity contribution in [3.63, 3.8) is 0 Å². The number of carbonyl (C=O) groups excluding carboxylic acids is 2. The van der Waals surface area contributed by atoms with E-state index in [1.54, 1.807) is 13.0 Å². The average molecular weight is 484 g/mol. The Bertz CT molecular complexity index is 1030. The van der Waals surface area contributed by atoms with Gasteiger partial charge in [-0.3, -0.25) is 4.79 Å². The van der Waals surface area contributed by atoms with Crippen molar-refractivity contribution in [3.8, 4) is 5.75 Å². The minimum atomic E-state index is -0.358. The molecule has 1 aromatic carbocycles. The molecule has 2 aromatic rings. The molecule has 1 amide bonds. The van der Waals surface area contributed by atoms with E-state index in [9.17, 15) is 9.59 Å². The SMILES string of the molecule is CCCCOc1ccccc1C=CC(=O)Nc1sc2c(c1C(=O)OCC)CCC(C(C)(C)C)C2. The van der Waals surface area contributed by atoms with Crippen LogP contribution in [-0.4, -0.2) is 25.1 Å². The number of hydrogen-bond donors (Lipinski definition) is 1. The zero-order valence-corrected chi connectivity index (χ0v) is 21.8. The van der Waals surface area contributed by atoms with Crippen LogP contribution < -0.4 is 10.1 Å². The van der Waals surface area contributed by atoms with E-state index in [4.69, 9.17) is 9.47 Å². The molecule has 0 fully saturated rings. The maximum absolute atomic E-state index is 12.8. The molecule has 184 valence electrons. The molecule has 1 N–H and O–H groups in total. The molecule has 0 saturated heterocycles. The molecule has 1 atom stereocenters. The minimum absolute atomic E-state index is 0.199. The highest BCUT2D eigenvalue weighted by Crippen LogP contribution is 2.44. The number of ether oxygens (including phenoxy) is 2. The van der Waals surface area contributed by atoms with Crippen LogP contribution in [0.2, 0.25) is 0 Å². The first kappa shape index (κ1) is 26.0. The summed E-state index contributed by atoms with van der Waals surface area (Å²) < 4.78 is 11.2. The smallest absolute Gasteiger partial charge is 0.341 e. The molecular weight excluding hydrogens is 446 g/mol. The molecule has 1 unspecified atom stereocenters. The monoisotopic (exact) mass is 483 g/mol. The molecular formula is C28H37NO4S. The summed E-state index contributed by atoms with van der Waals surface area (Å²) in [5.74, 6) is 0.663. The number of para-hydroxylation sites is 1. The van der Waals surface area contributed by atoms with E-state index in [0.29, 0.717) is 29.7 Å². The lowest BCUT2D eigenvalue weighted by molar-refractivity contribution is -0.111. The van der Waals surface area contributed by atoms with Crippen molar-refractivity contribution in [3.05, 3.63) is 51.9 Å². The van der Waals surface area contributed by atoms with Crippen LogP contribution in [0, 0.1) is 11.3 Å². The zero-order valence-electron chi connectivity index (χ0n) is 21.0. The number of unbranched alkanes of at least 4 members (excludes halogenated alkanes) is 1. The van der Waals surface area contributed by atoms with Crippen molar-refractivity contribution >= 4 is 34.3 Å². The van der Waals surface area contributed by atoms with E-state index in [1.807, 2.05) is 24.3 Å². The summed E-state index contributed by atoms with van der Waals surface area (Å²) in [6.07, 6.45) is 8.07. The Labute approximate surface area is 207 Å². The first-order valence-electron chi connectivity index (χ1n) is 12.3. The molecule has 0 bridgehead atoms. The molecule has 34 heavy (non-hydrogen) atoms. The number of esters is 1. The number of amides is 1. The van der Waals surface area contributed by atoms with Crippen molar-refractivity contribution in [1.82, 2.24) is 0 Å². The van der Waals surface area contributed by atoms with Gasteiger partial charge in [0.25, 0.3) is 0 Å². The summed E-state index contributed by atoms with van der Waals surface area (Å²) in [7, 11) is 0. The number of rotatable bonds is 9. The van der Waals surface area contributed by atoms with Gasteiger partial charge in [-0.25, -0.2) is 4.79 Å². The van der Waals surface area contributed by atoms with Crippen LogP contribution in [0.4, 0.5) is 5.00 Å². The molecule has 0 radical (unpaired) electrons. The lowest BCUT2D eigenvalue weighted by atomic mass is 9.72. The van der Waals surface area contributed by atoms with E-state index in [1.165, 1.54) is 22.3 Å². The van der Waals surface area contributed by atoms with Crippen molar-refractivity contribution in [2.75, 3.05) is 18.5 Å². The molecule has 5 nitrogen and oxygen atoms in total. The predicted molar refractivity (Wildman–Crippen MR) is 140 cm³/mol. The van der Waals surface area contributed by atoms with E-state index in [-0.39, 0.29) is 17.3 Å². The molecule has 0 saturated carbocycles. The van der Waals surface area contributed by atoms with Crippen LogP contribution in [0.3, 0.4) is 0 Å². The maximum Gasteiger partial charge on any atom is 0.341 e. The fourth-order valence-electron chi connectivity index (χ4n) is 4.23. The standard InChI is InChI=1S/C28H37NO4S/c1-6-8-17-33-22-12-10-9-11-19(22)13-16-24(30)29-26-25(27(31)32-7-2)21-15-14-20(28(3,4)5)18-23(21)34-26/h9-13,16,20H,6-8,14-15,17-18H2,1-5H3,(H,29,30). The second-order valence-corrected chi connectivity index (χ2v) is 10.9. The van der Waals surface area contributed by atoms with Crippen molar-refractivity contribution in [1.29, 1.82) is 0 Å². The predicted octanol–water partition coefficient (Wildman–Crippen LogP) is 6.91. The molecule has 3 rings (SSSR count). The Morgan fingerprint density at radius 3 is 2.68 bits per heavy atom. The first-order chi connectivity index (χ1) is 16.2. The summed E-state index contributed by atoms with van der Waals surface area (Å²) in [5.41, 5.74) is 2.61. The summed E-state index contributed by atoms with van der Waals surface area (Å²) in [4.78, 5) is 26.8. The van der Waals surface area contributed by atoms with Crippen LogP contribution in [0.5, 0.6) is 5.75 Å². The molecule has 0 spiro atoms. The summed E-state index contributed by atoms with van der Waals surface area (Å²) >= 11 is 1.51. The van der Waals surface area contributed by atoms with Crippen molar-refractivity contribution in [2.45, 2.75) is 66.7 Å². The van der Waals surface area contributed by atoms with E-state index >= 15 is 0 Å². The Morgan fingerprint density at radius 1 is 1.21 bits per heavy atom. The number of benzene rings is 1. The molecule has 1 aromatic heterocycles. The van der Waals surface area contributed by atoms with Crippen LogP contribution in [0.25, 0.3) is 6.08 Å². The summed E-state index contributed by atoms with van der Waals surface area (Å²) in [6.45, 7) is 11.7. The second kappa shape index (κ2) is 11.7. The van der Waals surface area contributed by atoms with Crippen LogP contribution >= 0.6 is 11.3 Å². The largest absolute Gasteiger partial charge is 0.493 e. The third-order valence-corrected chi connectivity index (χ3v) is 7.46. The fourth-order valence-corrected chi connectivity index (χ4v) is 5.55. The lowest BCUT2D eigenvalue weighted by Gasteiger charge is -2.33. The van der Waals surface area contributed by atoms with Gasteiger partial charge in [0.1, 0.15) is 10.8 Å². The Kier molecular flexibility index (Phi) is 8.95. The van der Waals surface area contributed by atoms with Gasteiger partial charge in [0.2, 0.25) is 5.91 Å². The second-order valence-electron chi connectivity index (χ2n) is 9.80. The van der Waals surface area contributed by atoms with Gasteiger partial charge in [0, 0.05) is 16.5 Å². The number of thiophene rings is 1. The number of carbonyl (C=O) groups is 2. The van der Waals surface area contributed by atoms with E-state index in [0.717, 1.165) is 49.0 Å². The maximum atomic E-state index is 12.8. The minimum Gasteiger partial charge on any atom is -0.493 e. The van der Waals surface area contributed by atoms with Crippen LogP contribution in [0.15, 0.2) is 30.3 Å². The van der Waals surface area contributed by atoms with Crippen LogP contribution in [-0.2, 0) is 22.4 Å². The number of hydrogen-bond acceptors (Lipinski definition) is 5. The van der Waals surface area contributed by atoms with Gasteiger partial charge in [-0.2, -0.15) is 0 Å². The van der Waals surface area contributed by atoms with E-state index in [2.05, 4.69) is 33.0 Å². The summed E-state index contributed by atoms with van der Waals surface area (Å²) in [5, 5.41) is 3.54. The third-order valence-electron chi connectivity index (χ3n) is 6.30. The van der Waals surface area contributed by atoms with Crippen LogP contribution in [0.1, 0.15) is 80.2 Å². The average Bonchev–Trinajstić information content (AvgIpc) is 3.15. The highest BCUT2D eigenvalue weighted by atomic mass is 32.1. The quantitative estimate of drug-likeness (QED) is 0.239. The molecule has 1 aliphatic carbocycles. The molecule has 1 heterocycles. The van der Waals surface area contributed by atoms with Gasteiger partial charge in [0.15, 0.2) is 0 Å². The van der Waals surface area contributed by atoms with Gasteiger partial charge < -0.3 is 14.8 Å². The van der Waals surface area contributed by atoms with E-state index < -0.39 is 0 Å².